The summed E-state index contributed by atoms with van der Waals surface area (Å²) in [7, 11) is 1.70. The molecule has 10 heavy (non-hydrogen) atoms. The van der Waals surface area contributed by atoms with Gasteiger partial charge in [0.1, 0.15) is 5.84 Å². The Morgan fingerprint density at radius 1 is 1.80 bits per heavy atom. The normalized spacial score (nSPS) is 18.1. The van der Waals surface area contributed by atoms with Crippen LogP contribution in [-0.2, 0) is 0 Å². The zero-order chi connectivity index (χ0) is 8.20. The molecule has 0 aromatic carbocycles. The van der Waals surface area contributed by atoms with Gasteiger partial charge in [-0.15, -0.1) is 6.58 Å². The Balaban J connectivity index is 4.48. The van der Waals surface area contributed by atoms with Gasteiger partial charge in [0.05, 0.1) is 0 Å². The molecule has 0 saturated carbocycles. The number of hydrogen-bond donors (Lipinski definition) is 1. The fraction of sp³-hybridized carbons (Fsp3) is 0.625. The molecule has 0 spiro atoms. The topological polar surface area (TPSA) is 38.4 Å². The highest BCUT2D eigenvalue weighted by molar-refractivity contribution is 5.87. The summed E-state index contributed by atoms with van der Waals surface area (Å²) in [5, 5.41) is 0. The van der Waals surface area contributed by atoms with Crippen LogP contribution in [0.1, 0.15) is 20.3 Å². The highest BCUT2D eigenvalue weighted by atomic mass is 14.8. The first-order valence-electron chi connectivity index (χ1n) is 3.47. The van der Waals surface area contributed by atoms with Crippen LogP contribution in [0.15, 0.2) is 17.6 Å². The summed E-state index contributed by atoms with van der Waals surface area (Å²) in [5.74, 6) is 0.657. The van der Waals surface area contributed by atoms with Gasteiger partial charge in [0.15, 0.2) is 0 Å². The van der Waals surface area contributed by atoms with Crippen LogP contribution < -0.4 is 5.73 Å². The lowest BCUT2D eigenvalue weighted by Crippen LogP contribution is -2.31. The van der Waals surface area contributed by atoms with E-state index in [1.54, 1.807) is 7.05 Å². The predicted octanol–water partition coefficient (Wildman–Crippen LogP) is 1.58. The van der Waals surface area contributed by atoms with Crippen LogP contribution in [0.5, 0.6) is 0 Å². The molecule has 0 rings (SSSR count). The summed E-state index contributed by atoms with van der Waals surface area (Å²) < 4.78 is 0. The number of nitrogens with two attached hydrogens (primary N) is 1. The van der Waals surface area contributed by atoms with Gasteiger partial charge < -0.3 is 5.73 Å². The van der Waals surface area contributed by atoms with Gasteiger partial charge in [-0.1, -0.05) is 13.0 Å². The molecule has 0 unspecified atom stereocenters. The van der Waals surface area contributed by atoms with Crippen molar-refractivity contribution < 1.29 is 0 Å². The second kappa shape index (κ2) is 3.40. The maximum Gasteiger partial charge on any atom is 0.103 e. The first kappa shape index (κ1) is 9.21. The molecular weight excluding hydrogens is 124 g/mol. The van der Waals surface area contributed by atoms with E-state index in [0.717, 1.165) is 6.42 Å². The molecular formula is C8H16N2. The first-order chi connectivity index (χ1) is 4.60. The van der Waals surface area contributed by atoms with E-state index in [9.17, 15) is 0 Å². The van der Waals surface area contributed by atoms with Crippen LogP contribution in [0.2, 0.25) is 0 Å². The minimum Gasteiger partial charge on any atom is -0.387 e. The van der Waals surface area contributed by atoms with Crippen LogP contribution in [0.4, 0.5) is 0 Å². The molecule has 0 aromatic heterocycles. The number of amidine groups is 1. The van der Waals surface area contributed by atoms with Crippen LogP contribution in [0.3, 0.4) is 0 Å². The molecule has 0 fully saturated rings. The highest BCUT2D eigenvalue weighted by Crippen LogP contribution is 2.21. The molecule has 0 saturated heterocycles. The fourth-order valence-corrected chi connectivity index (χ4v) is 0.685. The Bertz CT molecular complexity index is 149. The zero-order valence-electron chi connectivity index (χ0n) is 7.02. The molecule has 0 aromatic rings. The summed E-state index contributed by atoms with van der Waals surface area (Å²) in [6, 6.07) is 0. The number of aliphatic imine (C=N–C) groups is 1. The largest absolute Gasteiger partial charge is 0.387 e. The van der Waals surface area contributed by atoms with Gasteiger partial charge in [-0.25, -0.2) is 0 Å². The molecule has 0 radical (unpaired) electrons. The summed E-state index contributed by atoms with van der Waals surface area (Å²) in [5.41, 5.74) is 5.53. The van der Waals surface area contributed by atoms with Gasteiger partial charge in [0, 0.05) is 12.5 Å². The zero-order valence-corrected chi connectivity index (χ0v) is 7.02. The molecule has 0 amide bonds. The molecule has 1 atom stereocenters. The van der Waals surface area contributed by atoms with Gasteiger partial charge in [-0.3, -0.25) is 4.99 Å². The van der Waals surface area contributed by atoms with Crippen molar-refractivity contribution in [2.75, 3.05) is 7.05 Å². The van der Waals surface area contributed by atoms with Gasteiger partial charge >= 0.3 is 0 Å². The second-order valence-electron chi connectivity index (χ2n) is 2.58. The third kappa shape index (κ3) is 1.59. The highest BCUT2D eigenvalue weighted by Gasteiger charge is 2.21. The van der Waals surface area contributed by atoms with E-state index in [4.69, 9.17) is 5.73 Å². The van der Waals surface area contributed by atoms with E-state index in [1.807, 2.05) is 13.0 Å². The Labute approximate surface area is 62.8 Å². The molecule has 0 heterocycles. The Hall–Kier alpha value is -0.790. The Morgan fingerprint density at radius 3 is 2.40 bits per heavy atom. The third-order valence-electron chi connectivity index (χ3n) is 2.01. The first-order valence-corrected chi connectivity index (χ1v) is 3.47. The van der Waals surface area contributed by atoms with Gasteiger partial charge in [-0.05, 0) is 13.3 Å². The van der Waals surface area contributed by atoms with Crippen molar-refractivity contribution in [3.8, 4) is 0 Å². The van der Waals surface area contributed by atoms with Crippen LogP contribution >= 0.6 is 0 Å². The van der Waals surface area contributed by atoms with E-state index in [0.29, 0.717) is 5.84 Å². The summed E-state index contributed by atoms with van der Waals surface area (Å²) >= 11 is 0. The average molecular weight is 140 g/mol. The number of nitrogens with zero attached hydrogens (tertiary/aromatic N) is 1. The van der Waals surface area contributed by atoms with E-state index in [2.05, 4.69) is 18.5 Å². The third-order valence-corrected chi connectivity index (χ3v) is 2.01. The van der Waals surface area contributed by atoms with Crippen LogP contribution in [-0.4, -0.2) is 12.9 Å². The van der Waals surface area contributed by atoms with Crippen molar-refractivity contribution in [2.24, 2.45) is 16.1 Å². The Kier molecular flexibility index (Phi) is 3.13. The molecule has 0 aliphatic rings. The number of rotatable bonds is 3. The predicted molar refractivity (Wildman–Crippen MR) is 46.1 cm³/mol. The van der Waals surface area contributed by atoms with Crippen molar-refractivity contribution >= 4 is 5.84 Å². The van der Waals surface area contributed by atoms with Gasteiger partial charge in [-0.2, -0.15) is 0 Å². The van der Waals surface area contributed by atoms with Crippen molar-refractivity contribution in [1.29, 1.82) is 0 Å². The van der Waals surface area contributed by atoms with E-state index in [-0.39, 0.29) is 5.41 Å². The molecule has 0 aliphatic heterocycles. The summed E-state index contributed by atoms with van der Waals surface area (Å²) in [6.45, 7) is 7.81. The quantitative estimate of drug-likeness (QED) is 0.361. The van der Waals surface area contributed by atoms with E-state index in [1.165, 1.54) is 0 Å². The lowest BCUT2D eigenvalue weighted by Gasteiger charge is -2.22. The molecule has 0 bridgehead atoms. The smallest absolute Gasteiger partial charge is 0.103 e. The second-order valence-corrected chi connectivity index (χ2v) is 2.58. The maximum absolute atomic E-state index is 5.65. The maximum atomic E-state index is 5.65. The van der Waals surface area contributed by atoms with Crippen molar-refractivity contribution in [2.45, 2.75) is 20.3 Å². The molecule has 2 N–H and O–H groups in total. The molecule has 58 valence electrons. The fourth-order valence-electron chi connectivity index (χ4n) is 0.685. The standard InChI is InChI=1S/C8H16N2/c1-5-8(3,6-2)7(9)10-4/h5H,1,6H2,2-4H3,(H2,9,10)/t8-/m1/s1. The van der Waals surface area contributed by atoms with E-state index < -0.39 is 0 Å². The average Bonchev–Trinajstić information content (AvgIpc) is 2.01. The lowest BCUT2D eigenvalue weighted by atomic mass is 9.86. The lowest BCUT2D eigenvalue weighted by molar-refractivity contribution is 0.567. The van der Waals surface area contributed by atoms with Crippen molar-refractivity contribution in [3.05, 3.63) is 12.7 Å². The SMILES string of the molecule is C=C[C@](C)(CC)C(N)=NC. The van der Waals surface area contributed by atoms with E-state index >= 15 is 0 Å². The minimum absolute atomic E-state index is 0.116. The number of hydrogen-bond acceptors (Lipinski definition) is 1. The van der Waals surface area contributed by atoms with Crippen LogP contribution in [0.25, 0.3) is 0 Å². The van der Waals surface area contributed by atoms with Crippen molar-refractivity contribution in [3.63, 3.8) is 0 Å². The van der Waals surface area contributed by atoms with Gasteiger partial charge in [0.2, 0.25) is 0 Å². The summed E-state index contributed by atoms with van der Waals surface area (Å²) in [6.07, 6.45) is 2.79. The summed E-state index contributed by atoms with van der Waals surface area (Å²) in [4.78, 5) is 3.93. The molecule has 0 aliphatic carbocycles. The van der Waals surface area contributed by atoms with Gasteiger partial charge in [0.25, 0.3) is 0 Å². The monoisotopic (exact) mass is 140 g/mol. The molecule has 2 nitrogen and oxygen atoms in total. The minimum atomic E-state index is -0.116. The molecule has 2 heteroatoms. The Morgan fingerprint density at radius 2 is 2.30 bits per heavy atom. The van der Waals surface area contributed by atoms with Crippen LogP contribution in [0, 0.1) is 5.41 Å². The van der Waals surface area contributed by atoms with Crippen molar-refractivity contribution in [1.82, 2.24) is 0 Å².